The van der Waals surface area contributed by atoms with Crippen molar-refractivity contribution < 1.29 is 53.4 Å². The molecule has 3 fully saturated rings. The Hall–Kier alpha value is -6.67. The van der Waals surface area contributed by atoms with Gasteiger partial charge in [0.25, 0.3) is 0 Å². The molecule has 4 aliphatic carbocycles. The fourth-order valence-electron chi connectivity index (χ4n) is 15.5. The van der Waals surface area contributed by atoms with Gasteiger partial charge in [0, 0.05) is 41.4 Å². The molecule has 12 nitrogen and oxygen atoms in total. The number of rotatable bonds is 11. The van der Waals surface area contributed by atoms with Crippen LogP contribution in [0.4, 0.5) is 0 Å². The van der Waals surface area contributed by atoms with Gasteiger partial charge in [-0.25, -0.2) is 9.59 Å². The molecule has 4 N–H and O–H groups in total. The van der Waals surface area contributed by atoms with Crippen molar-refractivity contribution in [1.29, 1.82) is 0 Å². The van der Waals surface area contributed by atoms with Crippen molar-refractivity contribution in [3.05, 3.63) is 199 Å². The zero-order valence-corrected chi connectivity index (χ0v) is 45.5. The van der Waals surface area contributed by atoms with Crippen LogP contribution in [0.3, 0.4) is 0 Å². The lowest BCUT2D eigenvalue weighted by Gasteiger charge is -2.53. The van der Waals surface area contributed by atoms with Gasteiger partial charge in [0.15, 0.2) is 17.8 Å². The summed E-state index contributed by atoms with van der Waals surface area (Å²) in [4.78, 5) is 45.8. The van der Waals surface area contributed by atoms with Crippen LogP contribution in [0.5, 0.6) is 5.75 Å². The van der Waals surface area contributed by atoms with Crippen LogP contribution < -0.4 is 10.4 Å². The molecule has 3 aliphatic heterocycles. The Labute approximate surface area is 467 Å². The maximum absolute atomic E-state index is 15.7. The van der Waals surface area contributed by atoms with Gasteiger partial charge in [-0.15, -0.1) is 0 Å². The molecule has 0 amide bonds. The van der Waals surface area contributed by atoms with Crippen LogP contribution >= 0.6 is 0 Å². The molecule has 7 aliphatic rings. The molecule has 13 rings (SSSR count). The van der Waals surface area contributed by atoms with Crippen molar-refractivity contribution in [1.82, 2.24) is 0 Å². The number of aliphatic hydroxyl groups excluding tert-OH is 4. The van der Waals surface area contributed by atoms with Crippen LogP contribution in [0.25, 0.3) is 17.0 Å². The van der Waals surface area contributed by atoms with Gasteiger partial charge in [0.2, 0.25) is 0 Å². The third-order valence-electron chi connectivity index (χ3n) is 19.3. The predicted molar refractivity (Wildman–Crippen MR) is 303 cm³/mol. The van der Waals surface area contributed by atoms with Gasteiger partial charge < -0.3 is 43.8 Å². The van der Waals surface area contributed by atoms with E-state index in [1.54, 1.807) is 19.1 Å². The maximum Gasteiger partial charge on any atom is 0.340 e. The predicted octanol–water partition coefficient (Wildman–Crippen LogP) is 11.2. The molecule has 0 radical (unpaired) electrons. The lowest BCUT2D eigenvalue weighted by atomic mass is 9.63. The number of ether oxygens (including phenoxy) is 4. The molecule has 11 atom stereocenters. The summed E-state index contributed by atoms with van der Waals surface area (Å²) in [5.74, 6) is -1.24. The number of aliphatic hydroxyl groups is 4. The number of hydrogen-bond acceptors (Lipinski definition) is 12. The third-order valence-corrected chi connectivity index (χ3v) is 19.3. The van der Waals surface area contributed by atoms with Crippen LogP contribution in [-0.4, -0.2) is 70.7 Å². The Balaban J connectivity index is 1.01. The summed E-state index contributed by atoms with van der Waals surface area (Å²) in [6, 6.07) is 39.9. The molecule has 1 aromatic heterocycles. The van der Waals surface area contributed by atoms with Crippen molar-refractivity contribution in [3.63, 3.8) is 0 Å². The summed E-state index contributed by atoms with van der Waals surface area (Å²) in [5.41, 5.74) is 7.64. The van der Waals surface area contributed by atoms with Gasteiger partial charge in [0.05, 0.1) is 25.4 Å². The Morgan fingerprint density at radius 1 is 0.800 bits per heavy atom. The van der Waals surface area contributed by atoms with Crippen LogP contribution in [0.15, 0.2) is 142 Å². The van der Waals surface area contributed by atoms with Crippen LogP contribution in [-0.2, 0) is 43.2 Å². The quantitative estimate of drug-likeness (QED) is 0.0418. The normalized spacial score (nSPS) is 28.1. The van der Waals surface area contributed by atoms with Gasteiger partial charge >= 0.3 is 17.6 Å². The van der Waals surface area contributed by atoms with Crippen LogP contribution in [0, 0.1) is 23.7 Å². The van der Waals surface area contributed by atoms with Crippen molar-refractivity contribution in [2.45, 2.75) is 132 Å². The van der Waals surface area contributed by atoms with Crippen LogP contribution in [0.2, 0.25) is 0 Å². The van der Waals surface area contributed by atoms with E-state index in [4.69, 9.17) is 23.4 Å². The fraction of sp³-hybridized carbons (Fsp3) is 0.426. The molecule has 80 heavy (non-hydrogen) atoms. The minimum atomic E-state index is -1.36. The Morgan fingerprint density at radius 2 is 1.61 bits per heavy atom. The standard InChI is InChI=1S/C68H72O12/c1-40(36-70)50-23-18-41-16-19-45(20-17-41)51-24-22-47(46-13-7-11-43(32-46)31-42-9-3-2-4-10-42)33-49(51)34-60(73)77-64-62-59(27-26-55-57(37-71)61(67(75)78-63(55)62)48(28-30-69)38-76-39-72)80-68(65(64)79-66(50)74)29-8-15-54-53-25-21-44-12-5-6-14-52(44)56(53)35-58(54)68/h2-7,9-14,16-17,19-21,25-27,32,47-49,51,53-54,56,58,64-65,69-72H,8,15,18,22-24,28-31,33-39H2,1H3/b50-40-/t47-,48-,49-,51+,53-,54-,56-,58+,64-,65+,68+/m1/s1. The van der Waals surface area contributed by atoms with Gasteiger partial charge in [-0.2, -0.15) is 0 Å². The lowest BCUT2D eigenvalue weighted by Crippen LogP contribution is -2.62. The minimum absolute atomic E-state index is 0.0198. The van der Waals surface area contributed by atoms with E-state index >= 15 is 9.59 Å². The minimum Gasteiger partial charge on any atom is -0.482 e. The molecule has 5 aromatic carbocycles. The zero-order valence-electron chi connectivity index (χ0n) is 45.5. The van der Waals surface area contributed by atoms with E-state index in [0.717, 1.165) is 56.1 Å². The highest BCUT2D eigenvalue weighted by molar-refractivity contribution is 5.90. The van der Waals surface area contributed by atoms with Gasteiger partial charge in [-0.05, 0) is 175 Å². The number of carbonyl (C=O) groups is 2. The highest BCUT2D eigenvalue weighted by Crippen LogP contribution is 2.64. The smallest absolute Gasteiger partial charge is 0.340 e. The van der Waals surface area contributed by atoms with Crippen LogP contribution in [0.1, 0.15) is 157 Å². The summed E-state index contributed by atoms with van der Waals surface area (Å²) in [7, 11) is 0. The highest BCUT2D eigenvalue weighted by Gasteiger charge is 2.65. The monoisotopic (exact) mass is 1080 g/mol. The number of allylic oxidation sites excluding steroid dienone is 1. The number of aryl methyl sites for hydroxylation is 1. The number of carbonyl (C=O) groups excluding carboxylic acids is 2. The highest BCUT2D eigenvalue weighted by atomic mass is 16.6. The second-order valence-electron chi connectivity index (χ2n) is 23.5. The lowest BCUT2D eigenvalue weighted by molar-refractivity contribution is -0.212. The molecule has 0 saturated heterocycles. The van der Waals surface area contributed by atoms with E-state index in [1.165, 1.54) is 27.8 Å². The molecule has 2 bridgehead atoms. The molecular formula is C68H72O12. The van der Waals surface area contributed by atoms with Crippen molar-refractivity contribution >= 4 is 29.0 Å². The summed E-state index contributed by atoms with van der Waals surface area (Å²) in [5, 5.41) is 42.1. The number of esters is 2. The van der Waals surface area contributed by atoms with Crippen molar-refractivity contribution in [3.8, 4) is 5.75 Å². The first kappa shape index (κ1) is 53.9. The molecule has 1 spiro atoms. The molecule has 12 heteroatoms. The number of fused-ring (bicyclic) bond motifs is 17. The topological polar surface area (TPSA) is 182 Å². The zero-order chi connectivity index (χ0) is 55.1. The molecule has 0 unspecified atom stereocenters. The summed E-state index contributed by atoms with van der Waals surface area (Å²) >= 11 is 0. The first-order valence-electron chi connectivity index (χ1n) is 29.0. The second kappa shape index (κ2) is 23.1. The fourth-order valence-corrected chi connectivity index (χ4v) is 15.5. The van der Waals surface area contributed by atoms with Gasteiger partial charge in [-0.1, -0.05) is 115 Å². The first-order chi connectivity index (χ1) is 39.1. The summed E-state index contributed by atoms with van der Waals surface area (Å²) in [6.07, 6.45) is 9.03. The van der Waals surface area contributed by atoms with Gasteiger partial charge in [0.1, 0.15) is 18.1 Å². The van der Waals surface area contributed by atoms with E-state index in [-0.39, 0.29) is 103 Å². The summed E-state index contributed by atoms with van der Waals surface area (Å²) < 4.78 is 33.6. The molecular weight excluding hydrogens is 1010 g/mol. The summed E-state index contributed by atoms with van der Waals surface area (Å²) in [6.45, 7) is -0.288. The van der Waals surface area contributed by atoms with Crippen molar-refractivity contribution in [2.24, 2.45) is 23.7 Å². The second-order valence-corrected chi connectivity index (χ2v) is 23.5. The van der Waals surface area contributed by atoms with E-state index < -0.39 is 54.7 Å². The third kappa shape index (κ3) is 10.1. The van der Waals surface area contributed by atoms with E-state index in [1.807, 2.05) is 6.07 Å². The molecule has 6 aromatic rings. The van der Waals surface area contributed by atoms with E-state index in [9.17, 15) is 25.2 Å². The number of benzene rings is 5. The Bertz CT molecular complexity index is 3380. The van der Waals surface area contributed by atoms with E-state index in [0.29, 0.717) is 35.1 Å². The first-order valence-corrected chi connectivity index (χ1v) is 29.0. The molecule has 416 valence electrons. The molecule has 4 heterocycles. The van der Waals surface area contributed by atoms with Crippen molar-refractivity contribution in [2.75, 3.05) is 26.6 Å². The Kier molecular flexibility index (Phi) is 15.5. The van der Waals surface area contributed by atoms with Gasteiger partial charge in [-0.3, -0.25) is 4.79 Å². The number of hydrogen-bond donors (Lipinski definition) is 4. The molecule has 3 saturated carbocycles. The maximum atomic E-state index is 15.7. The Morgan fingerprint density at radius 3 is 2.41 bits per heavy atom. The average Bonchev–Trinajstić information content (AvgIpc) is 4.07. The largest absolute Gasteiger partial charge is 0.482 e. The average molecular weight is 1080 g/mol. The SMILES string of the molecule is C/C(CO)=C1\CCc2ccc(cc2)[C@@H]2CC[C@@H](c3cccc(Cc4ccccc4)c3)C[C@@H]2CC(=O)O[C@@H]2c3c(ccc4c(CO)c([C@H](CCO)COCO)c(=O)oc34)O[C@]3(CCC[C@@H]4[C@H]5C=Cc6ccccc6[C@H]5C[C@@H]43)[C@H]2OC1=O. The van der Waals surface area contributed by atoms with E-state index in [2.05, 4.69) is 109 Å².